The molecule has 0 spiro atoms. The fourth-order valence-corrected chi connectivity index (χ4v) is 2.51. The Bertz CT molecular complexity index is 1010. The maximum absolute atomic E-state index is 13.5. The average Bonchev–Trinajstić information content (AvgIpc) is 2.70. The standard InChI is InChI=1S/C21H15ClF2N2O2/c22-19-4-2-1-3-15(19)13-28-17-8-5-14(6-9-17)12-25-26-21(27)18-11-16(23)7-10-20(18)24/h1-12H,13H2,(H,26,27)/b25-12+. The van der Waals surface area contributed by atoms with E-state index >= 15 is 0 Å². The van der Waals surface area contributed by atoms with E-state index in [2.05, 4.69) is 10.5 Å². The van der Waals surface area contributed by atoms with Crippen molar-refractivity contribution in [1.29, 1.82) is 0 Å². The largest absolute Gasteiger partial charge is 0.489 e. The molecular formula is C21H15ClF2N2O2. The van der Waals surface area contributed by atoms with Crippen molar-refractivity contribution in [3.05, 3.63) is 100 Å². The van der Waals surface area contributed by atoms with Crippen LogP contribution in [0.15, 0.2) is 71.8 Å². The van der Waals surface area contributed by atoms with Crippen molar-refractivity contribution in [2.75, 3.05) is 0 Å². The Morgan fingerprint density at radius 2 is 1.82 bits per heavy atom. The Kier molecular flexibility index (Phi) is 6.34. The van der Waals surface area contributed by atoms with Crippen LogP contribution in [0.4, 0.5) is 8.78 Å². The van der Waals surface area contributed by atoms with Gasteiger partial charge in [0.05, 0.1) is 11.8 Å². The topological polar surface area (TPSA) is 50.7 Å². The number of benzene rings is 3. The highest BCUT2D eigenvalue weighted by Crippen LogP contribution is 2.18. The fourth-order valence-electron chi connectivity index (χ4n) is 2.32. The van der Waals surface area contributed by atoms with E-state index in [1.807, 2.05) is 18.2 Å². The number of hydrogen-bond acceptors (Lipinski definition) is 3. The van der Waals surface area contributed by atoms with Gasteiger partial charge < -0.3 is 4.74 Å². The lowest BCUT2D eigenvalue weighted by Crippen LogP contribution is -2.19. The number of carbonyl (C=O) groups is 1. The van der Waals surface area contributed by atoms with Crippen LogP contribution in [0.3, 0.4) is 0 Å². The van der Waals surface area contributed by atoms with Gasteiger partial charge in [0.25, 0.3) is 5.91 Å². The number of hydrogen-bond donors (Lipinski definition) is 1. The average molecular weight is 401 g/mol. The van der Waals surface area contributed by atoms with Gasteiger partial charge in [-0.3, -0.25) is 4.79 Å². The fraction of sp³-hybridized carbons (Fsp3) is 0.0476. The molecule has 0 bridgehead atoms. The first-order chi connectivity index (χ1) is 13.5. The second kappa shape index (κ2) is 9.10. The molecule has 0 heterocycles. The molecule has 7 heteroatoms. The SMILES string of the molecule is O=C(N/N=C/c1ccc(OCc2ccccc2Cl)cc1)c1cc(F)ccc1F. The minimum Gasteiger partial charge on any atom is -0.489 e. The molecule has 28 heavy (non-hydrogen) atoms. The quantitative estimate of drug-likeness (QED) is 0.469. The van der Waals surface area contributed by atoms with Crippen LogP contribution < -0.4 is 10.2 Å². The number of hydrazone groups is 1. The molecule has 0 fully saturated rings. The maximum Gasteiger partial charge on any atom is 0.274 e. The van der Waals surface area contributed by atoms with Crippen molar-refractivity contribution in [2.45, 2.75) is 6.61 Å². The molecule has 0 unspecified atom stereocenters. The van der Waals surface area contributed by atoms with Gasteiger partial charge >= 0.3 is 0 Å². The van der Waals surface area contributed by atoms with Gasteiger partial charge in [0.1, 0.15) is 24.0 Å². The molecule has 1 amide bonds. The number of ether oxygens (including phenoxy) is 1. The molecule has 0 aliphatic carbocycles. The lowest BCUT2D eigenvalue weighted by atomic mass is 10.2. The molecule has 3 aromatic carbocycles. The predicted molar refractivity (Wildman–Crippen MR) is 104 cm³/mol. The second-order valence-electron chi connectivity index (χ2n) is 5.77. The summed E-state index contributed by atoms with van der Waals surface area (Å²) in [7, 11) is 0. The Morgan fingerprint density at radius 3 is 2.57 bits per heavy atom. The van der Waals surface area contributed by atoms with Crippen LogP contribution in [0.5, 0.6) is 5.75 Å². The van der Waals surface area contributed by atoms with E-state index in [0.717, 1.165) is 23.8 Å². The van der Waals surface area contributed by atoms with Gasteiger partial charge in [-0.05, 0) is 54.1 Å². The van der Waals surface area contributed by atoms with Gasteiger partial charge in [-0.2, -0.15) is 5.10 Å². The van der Waals surface area contributed by atoms with Gasteiger partial charge in [0.15, 0.2) is 0 Å². The number of carbonyl (C=O) groups excluding carboxylic acids is 1. The van der Waals surface area contributed by atoms with E-state index < -0.39 is 23.1 Å². The molecule has 4 nitrogen and oxygen atoms in total. The van der Waals surface area contributed by atoms with Gasteiger partial charge in [0.2, 0.25) is 0 Å². The highest BCUT2D eigenvalue weighted by Gasteiger charge is 2.11. The van der Waals surface area contributed by atoms with Crippen molar-refractivity contribution in [2.24, 2.45) is 5.10 Å². The van der Waals surface area contributed by atoms with Crippen LogP contribution in [-0.4, -0.2) is 12.1 Å². The number of rotatable bonds is 6. The number of halogens is 3. The summed E-state index contributed by atoms with van der Waals surface area (Å²) in [6.07, 6.45) is 1.38. The summed E-state index contributed by atoms with van der Waals surface area (Å²) < 4.78 is 32.3. The number of amides is 1. The molecule has 3 aromatic rings. The lowest BCUT2D eigenvalue weighted by Gasteiger charge is -2.07. The summed E-state index contributed by atoms with van der Waals surface area (Å²) in [5, 5.41) is 4.39. The smallest absolute Gasteiger partial charge is 0.274 e. The third-order valence-electron chi connectivity index (χ3n) is 3.79. The highest BCUT2D eigenvalue weighted by molar-refractivity contribution is 6.31. The molecule has 0 aliphatic rings. The first-order valence-corrected chi connectivity index (χ1v) is 8.65. The van der Waals surface area contributed by atoms with Crippen LogP contribution in [0.1, 0.15) is 21.5 Å². The van der Waals surface area contributed by atoms with Crippen molar-refractivity contribution >= 4 is 23.7 Å². The molecule has 0 saturated heterocycles. The first kappa shape index (κ1) is 19.5. The summed E-state index contributed by atoms with van der Waals surface area (Å²) in [6, 6.07) is 17.0. The van der Waals surface area contributed by atoms with E-state index in [9.17, 15) is 13.6 Å². The molecule has 0 aromatic heterocycles. The zero-order valence-electron chi connectivity index (χ0n) is 14.5. The van der Waals surface area contributed by atoms with Crippen LogP contribution in [-0.2, 0) is 6.61 Å². The summed E-state index contributed by atoms with van der Waals surface area (Å²) in [5.74, 6) is -1.73. The van der Waals surface area contributed by atoms with Gasteiger partial charge in [-0.1, -0.05) is 29.8 Å². The van der Waals surface area contributed by atoms with Crippen molar-refractivity contribution < 1.29 is 18.3 Å². The molecule has 0 saturated carbocycles. The lowest BCUT2D eigenvalue weighted by molar-refractivity contribution is 0.0950. The van der Waals surface area contributed by atoms with E-state index in [0.29, 0.717) is 22.9 Å². The first-order valence-electron chi connectivity index (χ1n) is 8.27. The minimum atomic E-state index is -0.840. The summed E-state index contributed by atoms with van der Waals surface area (Å²) in [5.41, 5.74) is 3.31. The van der Waals surface area contributed by atoms with Crippen molar-refractivity contribution in [3.63, 3.8) is 0 Å². The minimum absolute atomic E-state index is 0.336. The molecule has 0 aliphatic heterocycles. The van der Waals surface area contributed by atoms with E-state index in [1.165, 1.54) is 6.21 Å². The van der Waals surface area contributed by atoms with E-state index in [-0.39, 0.29) is 0 Å². The molecule has 1 N–H and O–H groups in total. The van der Waals surface area contributed by atoms with Crippen LogP contribution in [0.2, 0.25) is 5.02 Å². The Morgan fingerprint density at radius 1 is 1.07 bits per heavy atom. The Hall–Kier alpha value is -3.25. The maximum atomic E-state index is 13.5. The highest BCUT2D eigenvalue weighted by atomic mass is 35.5. The summed E-state index contributed by atoms with van der Waals surface area (Å²) in [4.78, 5) is 11.8. The van der Waals surface area contributed by atoms with E-state index in [4.69, 9.17) is 16.3 Å². The second-order valence-corrected chi connectivity index (χ2v) is 6.18. The summed E-state index contributed by atoms with van der Waals surface area (Å²) >= 11 is 6.08. The van der Waals surface area contributed by atoms with Gasteiger partial charge in [-0.15, -0.1) is 0 Å². The third kappa shape index (κ3) is 5.14. The Labute approximate surface area is 165 Å². The molecular weight excluding hydrogens is 386 g/mol. The monoisotopic (exact) mass is 400 g/mol. The normalized spacial score (nSPS) is 10.8. The van der Waals surface area contributed by atoms with Crippen LogP contribution in [0, 0.1) is 11.6 Å². The Balaban J connectivity index is 1.56. The number of nitrogens with zero attached hydrogens (tertiary/aromatic N) is 1. The zero-order chi connectivity index (χ0) is 19.9. The summed E-state index contributed by atoms with van der Waals surface area (Å²) in [6.45, 7) is 0.336. The predicted octanol–water partition coefficient (Wildman–Crippen LogP) is 4.96. The molecule has 3 rings (SSSR count). The van der Waals surface area contributed by atoms with Crippen molar-refractivity contribution in [1.82, 2.24) is 5.43 Å². The van der Waals surface area contributed by atoms with Crippen LogP contribution in [0.25, 0.3) is 0 Å². The van der Waals surface area contributed by atoms with Crippen molar-refractivity contribution in [3.8, 4) is 5.75 Å². The zero-order valence-corrected chi connectivity index (χ0v) is 15.3. The van der Waals surface area contributed by atoms with Gasteiger partial charge in [0, 0.05) is 10.6 Å². The van der Waals surface area contributed by atoms with Gasteiger partial charge in [-0.25, -0.2) is 14.2 Å². The molecule has 0 radical (unpaired) electrons. The van der Waals surface area contributed by atoms with Crippen LogP contribution >= 0.6 is 11.6 Å². The number of nitrogens with one attached hydrogen (secondary N) is 1. The van der Waals surface area contributed by atoms with E-state index in [1.54, 1.807) is 30.3 Å². The molecule has 142 valence electrons. The third-order valence-corrected chi connectivity index (χ3v) is 4.15. The molecule has 0 atom stereocenters.